The van der Waals surface area contributed by atoms with Crippen LogP contribution >= 0.6 is 0 Å². The van der Waals surface area contributed by atoms with Crippen molar-refractivity contribution >= 4 is 27.0 Å². The Morgan fingerprint density at radius 3 is 2.26 bits per heavy atom. The van der Waals surface area contributed by atoms with Crippen molar-refractivity contribution in [3.05, 3.63) is 48.3 Å². The fourth-order valence-electron chi connectivity index (χ4n) is 3.70. The number of aryl methyl sites for hydroxylation is 1. The van der Waals surface area contributed by atoms with Gasteiger partial charge in [-0.3, -0.25) is 0 Å². The molecule has 0 atom stereocenters. The maximum atomic E-state index is 12.7. The lowest BCUT2D eigenvalue weighted by molar-refractivity contribution is -0.192. The highest BCUT2D eigenvalue weighted by Gasteiger charge is 2.38. The standard InChI is InChI=1S/C20H23N3O3S.C2HF3O2/c1-13-12-19-18(10-11-21-20(19)22-13)14-2-8-17(9-3-14)27(25,26)23-15-4-6-16(24)7-5-15;3-2(4,5)1(6)7/h2-3,8-12,15-16,23-24H,4-7H2,1H3,(H,21,22);(H,6,7). The predicted octanol–water partition coefficient (Wildman–Crippen LogP) is 3.75. The highest BCUT2D eigenvalue weighted by atomic mass is 32.2. The molecule has 3 aromatic rings. The molecular formula is C22H24F3N3O5S. The molecule has 0 aliphatic heterocycles. The maximum absolute atomic E-state index is 12.7. The Morgan fingerprint density at radius 1 is 1.12 bits per heavy atom. The highest BCUT2D eigenvalue weighted by molar-refractivity contribution is 7.89. The summed E-state index contributed by atoms with van der Waals surface area (Å²) >= 11 is 0. The Kier molecular flexibility index (Phi) is 7.64. The summed E-state index contributed by atoms with van der Waals surface area (Å²) in [5.74, 6) is -2.76. The molecule has 12 heteroatoms. The Bertz CT molecular complexity index is 1250. The number of hydrogen-bond acceptors (Lipinski definition) is 5. The number of pyridine rings is 1. The molecule has 1 aliphatic carbocycles. The van der Waals surface area contributed by atoms with Gasteiger partial charge in [0.1, 0.15) is 5.65 Å². The number of aliphatic carboxylic acids is 1. The number of alkyl halides is 3. The molecule has 1 aliphatic rings. The van der Waals surface area contributed by atoms with Gasteiger partial charge in [0.15, 0.2) is 0 Å². The summed E-state index contributed by atoms with van der Waals surface area (Å²) in [6, 6.07) is 10.8. The van der Waals surface area contributed by atoms with Crippen molar-refractivity contribution in [3.8, 4) is 11.1 Å². The molecule has 0 bridgehead atoms. The quantitative estimate of drug-likeness (QED) is 0.432. The number of carboxylic acid groups (broad SMARTS) is 1. The van der Waals surface area contributed by atoms with Gasteiger partial charge in [-0.05, 0) is 68.0 Å². The van der Waals surface area contributed by atoms with E-state index in [1.54, 1.807) is 18.3 Å². The summed E-state index contributed by atoms with van der Waals surface area (Å²) in [4.78, 5) is 16.7. The summed E-state index contributed by atoms with van der Waals surface area (Å²) in [6.45, 7) is 1.98. The van der Waals surface area contributed by atoms with Gasteiger partial charge in [0, 0.05) is 23.3 Å². The normalized spacial score (nSPS) is 18.9. The number of aromatic nitrogens is 2. The lowest BCUT2D eigenvalue weighted by atomic mass is 9.94. The number of aliphatic hydroxyl groups is 1. The van der Waals surface area contributed by atoms with Crippen LogP contribution in [0.2, 0.25) is 0 Å². The molecule has 1 aromatic carbocycles. The Morgan fingerprint density at radius 2 is 1.71 bits per heavy atom. The van der Waals surface area contributed by atoms with E-state index in [1.807, 2.05) is 31.2 Å². The molecule has 1 fully saturated rings. The number of halogens is 3. The molecule has 2 heterocycles. The Hall–Kier alpha value is -2.96. The first-order chi connectivity index (χ1) is 15.9. The summed E-state index contributed by atoms with van der Waals surface area (Å²) in [7, 11) is -3.56. The van der Waals surface area contributed by atoms with E-state index >= 15 is 0 Å². The molecule has 0 unspecified atom stereocenters. The second-order valence-corrected chi connectivity index (χ2v) is 9.74. The zero-order valence-electron chi connectivity index (χ0n) is 18.1. The molecule has 0 spiro atoms. The van der Waals surface area contributed by atoms with Crippen LogP contribution in [-0.4, -0.2) is 52.9 Å². The lowest BCUT2D eigenvalue weighted by Gasteiger charge is -2.26. The third-order valence-corrected chi connectivity index (χ3v) is 6.94. The number of sulfonamides is 1. The van der Waals surface area contributed by atoms with Crippen molar-refractivity contribution in [1.82, 2.24) is 14.7 Å². The number of carboxylic acids is 1. The zero-order chi connectivity index (χ0) is 25.1. The highest BCUT2D eigenvalue weighted by Crippen LogP contribution is 2.29. The van der Waals surface area contributed by atoms with Crippen molar-refractivity contribution in [2.45, 2.75) is 55.8 Å². The molecule has 34 heavy (non-hydrogen) atoms. The van der Waals surface area contributed by atoms with E-state index in [9.17, 15) is 26.7 Å². The monoisotopic (exact) mass is 499 g/mol. The van der Waals surface area contributed by atoms with Gasteiger partial charge >= 0.3 is 12.1 Å². The number of aromatic amines is 1. The second kappa shape index (κ2) is 10.1. The number of fused-ring (bicyclic) bond motifs is 1. The minimum Gasteiger partial charge on any atom is -0.475 e. The van der Waals surface area contributed by atoms with Crippen LogP contribution in [0.3, 0.4) is 0 Å². The van der Waals surface area contributed by atoms with Crippen molar-refractivity contribution < 1.29 is 36.6 Å². The van der Waals surface area contributed by atoms with Gasteiger partial charge in [-0.15, -0.1) is 0 Å². The minimum atomic E-state index is -5.08. The van der Waals surface area contributed by atoms with Crippen LogP contribution < -0.4 is 4.72 Å². The SMILES string of the molecule is Cc1cc2c(-c3ccc(S(=O)(=O)NC4CCC(O)CC4)cc3)ccnc2[nH]1.O=C(O)C(F)(F)F. The van der Waals surface area contributed by atoms with E-state index in [0.717, 1.165) is 27.9 Å². The van der Waals surface area contributed by atoms with Gasteiger partial charge in [-0.2, -0.15) is 13.2 Å². The number of benzene rings is 1. The van der Waals surface area contributed by atoms with Crippen LogP contribution in [0.4, 0.5) is 13.2 Å². The maximum Gasteiger partial charge on any atom is 0.490 e. The molecule has 8 nitrogen and oxygen atoms in total. The van der Waals surface area contributed by atoms with E-state index < -0.39 is 22.2 Å². The van der Waals surface area contributed by atoms with Crippen LogP contribution in [0.25, 0.3) is 22.2 Å². The van der Waals surface area contributed by atoms with E-state index in [1.165, 1.54) is 0 Å². The van der Waals surface area contributed by atoms with Crippen molar-refractivity contribution in [2.75, 3.05) is 0 Å². The van der Waals surface area contributed by atoms with Gasteiger partial charge in [0.2, 0.25) is 10.0 Å². The second-order valence-electron chi connectivity index (χ2n) is 8.03. The third-order valence-electron chi connectivity index (χ3n) is 5.40. The van der Waals surface area contributed by atoms with Crippen LogP contribution in [0, 0.1) is 6.92 Å². The first kappa shape index (κ1) is 25.7. The molecule has 0 amide bonds. The van der Waals surface area contributed by atoms with Crippen molar-refractivity contribution in [2.24, 2.45) is 0 Å². The average Bonchev–Trinajstić information content (AvgIpc) is 3.15. The van der Waals surface area contributed by atoms with Crippen molar-refractivity contribution in [1.29, 1.82) is 0 Å². The first-order valence-electron chi connectivity index (χ1n) is 10.4. The zero-order valence-corrected chi connectivity index (χ0v) is 18.9. The van der Waals surface area contributed by atoms with Gasteiger partial charge in [0.25, 0.3) is 0 Å². The fraction of sp³-hybridized carbons (Fsp3) is 0.364. The van der Waals surface area contributed by atoms with Gasteiger partial charge in [-0.25, -0.2) is 22.9 Å². The molecular weight excluding hydrogens is 475 g/mol. The largest absolute Gasteiger partial charge is 0.490 e. The third kappa shape index (κ3) is 6.33. The summed E-state index contributed by atoms with van der Waals surface area (Å²) < 4.78 is 59.8. The fourth-order valence-corrected chi connectivity index (χ4v) is 5.01. The Balaban J connectivity index is 0.000000406. The number of nitrogens with one attached hydrogen (secondary N) is 2. The molecule has 4 rings (SSSR count). The van der Waals surface area contributed by atoms with Crippen LogP contribution in [0.1, 0.15) is 31.4 Å². The van der Waals surface area contributed by atoms with Crippen LogP contribution in [0.15, 0.2) is 47.5 Å². The van der Waals surface area contributed by atoms with Gasteiger partial charge in [-0.1, -0.05) is 12.1 Å². The van der Waals surface area contributed by atoms with Gasteiger partial charge in [0.05, 0.1) is 11.0 Å². The van der Waals surface area contributed by atoms with Gasteiger partial charge < -0.3 is 15.2 Å². The first-order valence-corrected chi connectivity index (χ1v) is 11.9. The van der Waals surface area contributed by atoms with E-state index in [-0.39, 0.29) is 17.0 Å². The van der Waals surface area contributed by atoms with Crippen LogP contribution in [0.5, 0.6) is 0 Å². The smallest absolute Gasteiger partial charge is 0.475 e. The van der Waals surface area contributed by atoms with E-state index in [4.69, 9.17) is 9.90 Å². The molecule has 184 valence electrons. The number of carbonyl (C=O) groups is 1. The van der Waals surface area contributed by atoms with E-state index in [2.05, 4.69) is 14.7 Å². The molecule has 1 saturated carbocycles. The number of H-pyrrole nitrogens is 1. The summed E-state index contributed by atoms with van der Waals surface area (Å²) in [6.07, 6.45) is -1.03. The average molecular weight is 500 g/mol. The Labute approximate surface area is 193 Å². The topological polar surface area (TPSA) is 132 Å². The summed E-state index contributed by atoms with van der Waals surface area (Å²) in [5, 5.41) is 17.7. The summed E-state index contributed by atoms with van der Waals surface area (Å²) in [5.41, 5.74) is 3.82. The predicted molar refractivity (Wildman–Crippen MR) is 119 cm³/mol. The van der Waals surface area contributed by atoms with Crippen molar-refractivity contribution in [3.63, 3.8) is 0 Å². The molecule has 2 aromatic heterocycles. The number of aliphatic hydroxyl groups excluding tert-OH is 1. The number of rotatable bonds is 4. The number of nitrogens with zero attached hydrogens (tertiary/aromatic N) is 1. The minimum absolute atomic E-state index is 0.110. The number of hydrogen-bond donors (Lipinski definition) is 4. The molecule has 0 saturated heterocycles. The lowest BCUT2D eigenvalue weighted by Crippen LogP contribution is -2.38. The van der Waals surface area contributed by atoms with Crippen LogP contribution in [-0.2, 0) is 14.8 Å². The van der Waals surface area contributed by atoms with E-state index in [0.29, 0.717) is 25.7 Å². The molecule has 4 N–H and O–H groups in total. The molecule has 0 radical (unpaired) electrons.